The lowest BCUT2D eigenvalue weighted by atomic mass is 10.1. The van der Waals surface area contributed by atoms with Gasteiger partial charge in [0.2, 0.25) is 0 Å². The van der Waals surface area contributed by atoms with Crippen LogP contribution in [0.5, 0.6) is 0 Å². The number of halogens is 3. The fourth-order valence-corrected chi connectivity index (χ4v) is 2.26. The molecule has 7 heteroatoms. The molecule has 0 unspecified atom stereocenters. The second-order valence-electron chi connectivity index (χ2n) is 4.30. The number of oxazole rings is 1. The van der Waals surface area contributed by atoms with Crippen molar-refractivity contribution in [2.75, 3.05) is 18.4 Å². The minimum Gasteiger partial charge on any atom is -0.423 e. The van der Waals surface area contributed by atoms with Crippen LogP contribution in [0, 0.1) is 0 Å². The van der Waals surface area contributed by atoms with E-state index in [-0.39, 0.29) is 34.0 Å². The average Bonchev–Trinajstić information content (AvgIpc) is 2.71. The molecule has 4 nitrogen and oxygen atoms in total. The van der Waals surface area contributed by atoms with Gasteiger partial charge in [0.05, 0.1) is 0 Å². The Hall–Kier alpha value is -0.300. The highest BCUT2D eigenvalue weighted by Gasteiger charge is 2.15. The molecule has 0 saturated carbocycles. The van der Waals surface area contributed by atoms with Gasteiger partial charge < -0.3 is 15.1 Å². The molecular weight excluding hydrogens is 397 g/mol. The smallest absolute Gasteiger partial charge is 0.295 e. The van der Waals surface area contributed by atoms with Crippen LogP contribution < -0.4 is 10.6 Å². The molecule has 19 heavy (non-hydrogen) atoms. The van der Waals surface area contributed by atoms with Crippen LogP contribution in [-0.2, 0) is 0 Å². The Morgan fingerprint density at radius 2 is 2.00 bits per heavy atom. The summed E-state index contributed by atoms with van der Waals surface area (Å²) in [6, 6.07) is 6.52. The molecule has 106 valence electrons. The summed E-state index contributed by atoms with van der Waals surface area (Å²) in [7, 11) is 0. The zero-order chi connectivity index (χ0) is 11.7. The van der Waals surface area contributed by atoms with Gasteiger partial charge in [-0.3, -0.25) is 0 Å². The lowest BCUT2D eigenvalue weighted by molar-refractivity contribution is 0.466. The number of piperidine rings is 1. The maximum absolute atomic E-state index is 5.90. The minimum absolute atomic E-state index is 0. The number of nitrogens with one attached hydrogen (secondary N) is 2. The van der Waals surface area contributed by atoms with Crippen LogP contribution in [0.4, 0.5) is 6.01 Å². The molecule has 2 N–H and O–H groups in total. The van der Waals surface area contributed by atoms with Gasteiger partial charge in [-0.25, -0.2) is 0 Å². The van der Waals surface area contributed by atoms with Gasteiger partial charge in [-0.2, -0.15) is 4.98 Å². The fourth-order valence-electron chi connectivity index (χ4n) is 2.10. The number of benzene rings is 1. The SMILES string of the molecule is Br.Br.Clc1ccc2nc(NC3CCNCC3)oc2c1. The molecule has 1 aliphatic rings. The first-order chi connectivity index (χ1) is 8.31. The number of hydrogen-bond acceptors (Lipinski definition) is 4. The summed E-state index contributed by atoms with van der Waals surface area (Å²) < 4.78 is 5.62. The standard InChI is InChI=1S/C12H14ClN3O.2BrH/c13-8-1-2-10-11(7-8)17-12(16-10)15-9-3-5-14-6-4-9;;/h1-2,7,9,14H,3-6H2,(H,15,16);2*1H. The Morgan fingerprint density at radius 1 is 1.26 bits per heavy atom. The van der Waals surface area contributed by atoms with E-state index in [1.165, 1.54) is 0 Å². The van der Waals surface area contributed by atoms with E-state index < -0.39 is 0 Å². The Morgan fingerprint density at radius 3 is 2.74 bits per heavy atom. The summed E-state index contributed by atoms with van der Waals surface area (Å²) in [6.45, 7) is 2.09. The fraction of sp³-hybridized carbons (Fsp3) is 0.417. The normalized spacial score (nSPS) is 15.6. The van der Waals surface area contributed by atoms with E-state index in [9.17, 15) is 0 Å². The molecule has 3 rings (SSSR count). The number of fused-ring (bicyclic) bond motifs is 1. The largest absolute Gasteiger partial charge is 0.423 e. The number of hydrogen-bond donors (Lipinski definition) is 2. The first-order valence-corrected chi connectivity index (χ1v) is 6.22. The van der Waals surface area contributed by atoms with E-state index in [0.717, 1.165) is 37.0 Å². The molecule has 0 spiro atoms. The van der Waals surface area contributed by atoms with Crippen molar-refractivity contribution in [2.45, 2.75) is 18.9 Å². The third-order valence-electron chi connectivity index (χ3n) is 3.02. The predicted octanol–water partition coefficient (Wildman–Crippen LogP) is 3.80. The Labute approximate surface area is 137 Å². The molecule has 0 amide bonds. The second-order valence-corrected chi connectivity index (χ2v) is 4.74. The molecule has 1 aliphatic heterocycles. The van der Waals surface area contributed by atoms with Crippen LogP contribution >= 0.6 is 45.6 Å². The second kappa shape index (κ2) is 7.47. The van der Waals surface area contributed by atoms with Crippen molar-refractivity contribution in [1.29, 1.82) is 0 Å². The highest BCUT2D eigenvalue weighted by atomic mass is 79.9. The van der Waals surface area contributed by atoms with E-state index in [1.54, 1.807) is 6.07 Å². The van der Waals surface area contributed by atoms with Gasteiger partial charge >= 0.3 is 0 Å². The van der Waals surface area contributed by atoms with Crippen LogP contribution in [0.2, 0.25) is 5.02 Å². The van der Waals surface area contributed by atoms with Crippen molar-refractivity contribution in [3.8, 4) is 0 Å². The van der Waals surface area contributed by atoms with Crippen LogP contribution in [0.25, 0.3) is 11.1 Å². The van der Waals surface area contributed by atoms with Crippen LogP contribution in [0.1, 0.15) is 12.8 Å². The van der Waals surface area contributed by atoms with E-state index in [2.05, 4.69) is 15.6 Å². The van der Waals surface area contributed by atoms with Crippen molar-refractivity contribution in [3.63, 3.8) is 0 Å². The first-order valence-electron chi connectivity index (χ1n) is 5.84. The molecule has 0 atom stereocenters. The molecular formula is C12H16Br2ClN3O. The number of anilines is 1. The molecule has 2 aromatic rings. The van der Waals surface area contributed by atoms with Crippen molar-refractivity contribution in [2.24, 2.45) is 0 Å². The molecule has 1 saturated heterocycles. The summed E-state index contributed by atoms with van der Waals surface area (Å²) in [4.78, 5) is 4.39. The van der Waals surface area contributed by atoms with Crippen LogP contribution in [0.3, 0.4) is 0 Å². The zero-order valence-corrected chi connectivity index (χ0v) is 14.4. The summed E-state index contributed by atoms with van der Waals surface area (Å²) in [5.74, 6) is 0. The number of nitrogens with zero attached hydrogens (tertiary/aromatic N) is 1. The Bertz CT molecular complexity index is 529. The van der Waals surface area contributed by atoms with E-state index in [0.29, 0.717) is 17.1 Å². The van der Waals surface area contributed by atoms with E-state index in [4.69, 9.17) is 16.0 Å². The molecule has 0 bridgehead atoms. The summed E-state index contributed by atoms with van der Waals surface area (Å²) in [5, 5.41) is 7.32. The lowest BCUT2D eigenvalue weighted by Crippen LogP contribution is -2.35. The molecule has 1 aromatic heterocycles. The Kier molecular flexibility index (Phi) is 6.59. The van der Waals surface area contributed by atoms with Gasteiger partial charge in [0.25, 0.3) is 6.01 Å². The summed E-state index contributed by atoms with van der Waals surface area (Å²) in [6.07, 6.45) is 2.19. The van der Waals surface area contributed by atoms with E-state index in [1.807, 2.05) is 12.1 Å². The van der Waals surface area contributed by atoms with Gasteiger partial charge in [-0.15, -0.1) is 34.0 Å². The third kappa shape index (κ3) is 4.08. The molecule has 0 aliphatic carbocycles. The molecule has 0 radical (unpaired) electrons. The number of rotatable bonds is 2. The third-order valence-corrected chi connectivity index (χ3v) is 3.25. The summed E-state index contributed by atoms with van der Waals surface area (Å²) >= 11 is 5.90. The molecule has 2 heterocycles. The maximum atomic E-state index is 5.90. The van der Waals surface area contributed by atoms with Crippen molar-refractivity contribution in [3.05, 3.63) is 23.2 Å². The summed E-state index contributed by atoms with van der Waals surface area (Å²) in [5.41, 5.74) is 1.57. The van der Waals surface area contributed by atoms with Crippen molar-refractivity contribution < 1.29 is 4.42 Å². The number of aromatic nitrogens is 1. The van der Waals surface area contributed by atoms with Gasteiger partial charge in [-0.05, 0) is 38.1 Å². The zero-order valence-electron chi connectivity index (χ0n) is 10.2. The highest BCUT2D eigenvalue weighted by molar-refractivity contribution is 8.93. The van der Waals surface area contributed by atoms with Gasteiger partial charge in [0, 0.05) is 17.1 Å². The monoisotopic (exact) mass is 411 g/mol. The maximum Gasteiger partial charge on any atom is 0.295 e. The van der Waals surface area contributed by atoms with Crippen LogP contribution in [-0.4, -0.2) is 24.1 Å². The molecule has 1 fully saturated rings. The first kappa shape index (κ1) is 16.8. The van der Waals surface area contributed by atoms with Crippen molar-refractivity contribution in [1.82, 2.24) is 10.3 Å². The predicted molar refractivity (Wildman–Crippen MR) is 89.2 cm³/mol. The Balaban J connectivity index is 0.000000902. The topological polar surface area (TPSA) is 50.1 Å². The van der Waals surface area contributed by atoms with Gasteiger partial charge in [0.15, 0.2) is 5.58 Å². The highest BCUT2D eigenvalue weighted by Crippen LogP contribution is 2.23. The van der Waals surface area contributed by atoms with E-state index >= 15 is 0 Å². The minimum atomic E-state index is 0. The molecule has 1 aromatic carbocycles. The quantitative estimate of drug-likeness (QED) is 0.786. The lowest BCUT2D eigenvalue weighted by Gasteiger charge is -2.22. The van der Waals surface area contributed by atoms with Gasteiger partial charge in [-0.1, -0.05) is 11.6 Å². The van der Waals surface area contributed by atoms with Crippen LogP contribution in [0.15, 0.2) is 22.6 Å². The van der Waals surface area contributed by atoms with Gasteiger partial charge in [0.1, 0.15) is 5.52 Å². The average molecular weight is 414 g/mol. The van der Waals surface area contributed by atoms with Crippen molar-refractivity contribution >= 4 is 62.7 Å².